The molecule has 0 saturated carbocycles. The molecule has 49 heavy (non-hydrogen) atoms. The number of aromatic nitrogens is 1. The molecule has 5 rings (SSSR count). The number of hydrogen-bond acceptors (Lipinski definition) is 4. The van der Waals surface area contributed by atoms with Crippen LogP contribution >= 0.6 is 11.8 Å². The van der Waals surface area contributed by atoms with Gasteiger partial charge in [-0.3, -0.25) is 9.59 Å². The Morgan fingerprint density at radius 1 is 0.776 bits per heavy atom. The summed E-state index contributed by atoms with van der Waals surface area (Å²) >= 11 is 1.26. The van der Waals surface area contributed by atoms with E-state index in [0.717, 1.165) is 48.5 Å². The third-order valence-electron chi connectivity index (χ3n) is 8.45. The van der Waals surface area contributed by atoms with Crippen LogP contribution in [0.4, 0.5) is 22.0 Å². The van der Waals surface area contributed by atoms with Gasteiger partial charge in [0.2, 0.25) is 5.91 Å². The van der Waals surface area contributed by atoms with Crippen molar-refractivity contribution in [1.29, 1.82) is 0 Å². The molecule has 0 bridgehead atoms. The van der Waals surface area contributed by atoms with Crippen LogP contribution in [0.1, 0.15) is 30.5 Å². The largest absolute Gasteiger partial charge is 0.416 e. The van der Waals surface area contributed by atoms with Crippen molar-refractivity contribution in [2.24, 2.45) is 0 Å². The van der Waals surface area contributed by atoms with Crippen LogP contribution in [0.5, 0.6) is 0 Å². The van der Waals surface area contributed by atoms with E-state index >= 15 is 0 Å². The highest BCUT2D eigenvalue weighted by molar-refractivity contribution is 7.98. The quantitative estimate of drug-likeness (QED) is 0.0916. The summed E-state index contributed by atoms with van der Waals surface area (Å²) in [6.07, 6.45) is -4.41. The number of thioether (sulfide) groups is 1. The molecule has 5 aromatic rings. The summed E-state index contributed by atoms with van der Waals surface area (Å²) < 4.78 is 68.3. The number of hydrogen-bond donors (Lipinski definition) is 0. The molecule has 0 aliphatic carbocycles. The fraction of sp³-hybridized carbons (Fsp3) is 0.263. The van der Waals surface area contributed by atoms with Gasteiger partial charge in [-0.05, 0) is 71.7 Å². The monoisotopic (exact) mass is 693 g/mol. The van der Waals surface area contributed by atoms with Crippen molar-refractivity contribution in [3.8, 4) is 11.1 Å². The van der Waals surface area contributed by atoms with Gasteiger partial charge in [-0.2, -0.15) is 13.2 Å². The van der Waals surface area contributed by atoms with E-state index in [2.05, 4.69) is 18.7 Å². The second kappa shape index (κ2) is 15.8. The third-order valence-corrected chi connectivity index (χ3v) is 9.56. The molecule has 0 aliphatic heterocycles. The summed E-state index contributed by atoms with van der Waals surface area (Å²) in [6, 6.07) is 24.6. The van der Waals surface area contributed by atoms with Crippen LogP contribution in [-0.2, 0) is 29.8 Å². The second-order valence-corrected chi connectivity index (χ2v) is 12.6. The van der Waals surface area contributed by atoms with Crippen molar-refractivity contribution in [3.63, 3.8) is 0 Å². The van der Waals surface area contributed by atoms with Crippen molar-refractivity contribution < 1.29 is 26.7 Å². The molecule has 1 aromatic heterocycles. The van der Waals surface area contributed by atoms with E-state index < -0.39 is 23.4 Å². The highest BCUT2D eigenvalue weighted by atomic mass is 32.2. The van der Waals surface area contributed by atoms with Gasteiger partial charge in [-0.15, -0.1) is 11.8 Å². The average molecular weight is 694 g/mol. The molecule has 4 aromatic carbocycles. The van der Waals surface area contributed by atoms with Gasteiger partial charge in [-0.1, -0.05) is 68.4 Å². The molecular weight excluding hydrogens is 657 g/mol. The molecule has 5 nitrogen and oxygen atoms in total. The van der Waals surface area contributed by atoms with Crippen molar-refractivity contribution in [3.05, 3.63) is 136 Å². The van der Waals surface area contributed by atoms with Crippen LogP contribution in [0, 0.1) is 11.6 Å². The zero-order chi connectivity index (χ0) is 35.1. The highest BCUT2D eigenvalue weighted by Gasteiger charge is 2.30. The molecule has 1 amide bonds. The predicted octanol–water partition coefficient (Wildman–Crippen LogP) is 8.63. The van der Waals surface area contributed by atoms with Gasteiger partial charge in [0, 0.05) is 36.8 Å². The average Bonchev–Trinajstić information content (AvgIpc) is 3.10. The molecule has 0 saturated heterocycles. The number of fused-ring (bicyclic) bond motifs is 1. The van der Waals surface area contributed by atoms with Crippen LogP contribution < -0.4 is 5.43 Å². The van der Waals surface area contributed by atoms with Crippen LogP contribution in [0.2, 0.25) is 0 Å². The van der Waals surface area contributed by atoms with Gasteiger partial charge in [0.15, 0.2) is 17.1 Å². The SMILES string of the molecule is CCN(CC)CCN(Cc1ccc(-c2ccc(C(F)(F)F)cc2)cc1)C(=O)Cn1c(SCc2ccc(F)c(F)c2)cc(=O)c2ccccc21. The van der Waals surface area contributed by atoms with Crippen LogP contribution in [-0.4, -0.2) is 46.5 Å². The lowest BCUT2D eigenvalue weighted by atomic mass is 10.0. The van der Waals surface area contributed by atoms with E-state index in [1.165, 1.54) is 36.0 Å². The number of rotatable bonds is 13. The summed E-state index contributed by atoms with van der Waals surface area (Å²) in [5, 5.41) is 0.979. The van der Waals surface area contributed by atoms with Gasteiger partial charge >= 0.3 is 6.18 Å². The van der Waals surface area contributed by atoms with E-state index in [9.17, 15) is 31.5 Å². The van der Waals surface area contributed by atoms with E-state index in [-0.39, 0.29) is 23.6 Å². The third kappa shape index (κ3) is 8.96. The number of alkyl halides is 3. The van der Waals surface area contributed by atoms with Crippen LogP contribution in [0.25, 0.3) is 22.0 Å². The normalized spacial score (nSPS) is 11.8. The van der Waals surface area contributed by atoms with E-state index in [1.54, 1.807) is 33.7 Å². The number of carbonyl (C=O) groups excluding carboxylic acids is 1. The molecule has 0 atom stereocenters. The molecule has 0 aliphatic rings. The standard InChI is InChI=1S/C38H36F5N3O2S/c1-3-44(4-2)19-20-45(23-26-9-12-28(13-10-26)29-14-16-30(17-15-29)38(41,42)43)36(48)24-46-34-8-6-5-7-31(34)35(47)22-37(46)49-25-27-11-18-32(39)33(40)21-27/h5-18,21-22H,3-4,19-20,23-25H2,1-2H3. The first-order valence-electron chi connectivity index (χ1n) is 15.9. The Morgan fingerprint density at radius 2 is 1.41 bits per heavy atom. The molecule has 256 valence electrons. The minimum atomic E-state index is -4.41. The van der Waals surface area contributed by atoms with Crippen LogP contribution in [0.3, 0.4) is 0 Å². The lowest BCUT2D eigenvalue weighted by Crippen LogP contribution is -2.40. The molecule has 0 spiro atoms. The fourth-order valence-corrected chi connectivity index (χ4v) is 6.58. The maximum absolute atomic E-state index is 14.2. The Balaban J connectivity index is 1.41. The second-order valence-electron chi connectivity index (χ2n) is 11.6. The van der Waals surface area contributed by atoms with E-state index in [1.807, 2.05) is 24.3 Å². The Hall–Kier alpha value is -4.48. The van der Waals surface area contributed by atoms with Crippen LogP contribution in [0.15, 0.2) is 107 Å². The minimum absolute atomic E-state index is 0.0667. The number of nitrogens with zero attached hydrogens (tertiary/aromatic N) is 3. The number of likely N-dealkylation sites (N-methyl/N-ethyl adjacent to an activating group) is 1. The van der Waals surface area contributed by atoms with E-state index in [4.69, 9.17) is 0 Å². The van der Waals surface area contributed by atoms with Gasteiger partial charge in [0.25, 0.3) is 0 Å². The molecule has 0 N–H and O–H groups in total. The van der Waals surface area contributed by atoms with Crippen molar-refractivity contribution in [2.75, 3.05) is 26.2 Å². The Morgan fingerprint density at radius 3 is 2.04 bits per heavy atom. The lowest BCUT2D eigenvalue weighted by Gasteiger charge is -2.28. The maximum atomic E-state index is 14.2. The number of benzene rings is 4. The Labute approximate surface area is 286 Å². The fourth-order valence-electron chi connectivity index (χ4n) is 5.58. The molecular formula is C38H36F5N3O2S. The zero-order valence-electron chi connectivity index (χ0n) is 27.1. The minimum Gasteiger partial charge on any atom is -0.336 e. The Kier molecular flexibility index (Phi) is 11.6. The molecule has 0 unspecified atom stereocenters. The van der Waals surface area contributed by atoms with E-state index in [0.29, 0.717) is 46.7 Å². The zero-order valence-corrected chi connectivity index (χ0v) is 28.0. The van der Waals surface area contributed by atoms with Gasteiger partial charge in [0.05, 0.1) is 16.1 Å². The molecule has 1 heterocycles. The summed E-state index contributed by atoms with van der Waals surface area (Å²) in [4.78, 5) is 31.2. The van der Waals surface area contributed by atoms with Gasteiger partial charge in [-0.25, -0.2) is 8.78 Å². The molecule has 0 radical (unpaired) electrons. The summed E-state index contributed by atoms with van der Waals surface area (Å²) in [5.41, 5.74) is 2.44. The smallest absolute Gasteiger partial charge is 0.336 e. The highest BCUT2D eigenvalue weighted by Crippen LogP contribution is 2.31. The van der Waals surface area contributed by atoms with Crippen molar-refractivity contribution >= 4 is 28.6 Å². The number of halogens is 5. The first kappa shape index (κ1) is 35.8. The van der Waals surface area contributed by atoms with Gasteiger partial charge in [0.1, 0.15) is 6.54 Å². The van der Waals surface area contributed by atoms with Crippen molar-refractivity contribution in [2.45, 2.75) is 43.9 Å². The first-order chi connectivity index (χ1) is 23.5. The predicted molar refractivity (Wildman–Crippen MR) is 184 cm³/mol. The number of para-hydroxylation sites is 1. The lowest BCUT2D eigenvalue weighted by molar-refractivity contribution is -0.137. The summed E-state index contributed by atoms with van der Waals surface area (Å²) in [5.74, 6) is -1.83. The molecule has 11 heteroatoms. The summed E-state index contributed by atoms with van der Waals surface area (Å²) in [6.45, 7) is 7.05. The maximum Gasteiger partial charge on any atom is 0.416 e. The Bertz CT molecular complexity index is 1960. The summed E-state index contributed by atoms with van der Waals surface area (Å²) in [7, 11) is 0. The molecule has 0 fully saturated rings. The number of carbonyl (C=O) groups is 1. The number of amides is 1. The van der Waals surface area contributed by atoms with Gasteiger partial charge < -0.3 is 14.4 Å². The van der Waals surface area contributed by atoms with Crippen molar-refractivity contribution in [1.82, 2.24) is 14.4 Å². The topological polar surface area (TPSA) is 45.5 Å². The number of pyridine rings is 1. The first-order valence-corrected chi connectivity index (χ1v) is 16.9.